The Hall–Kier alpha value is -0.610. The van der Waals surface area contributed by atoms with E-state index >= 15 is 0 Å². The SMILES string of the molecule is CCCC1(C(=O)NCC2CCN(C(C)C)C2)CCNC1. The van der Waals surface area contributed by atoms with Crippen LogP contribution in [0.5, 0.6) is 0 Å². The normalized spacial score (nSPS) is 31.1. The van der Waals surface area contributed by atoms with Gasteiger partial charge in [-0.2, -0.15) is 0 Å². The molecule has 116 valence electrons. The molecule has 2 fully saturated rings. The number of carbonyl (C=O) groups is 1. The van der Waals surface area contributed by atoms with Gasteiger partial charge in [-0.25, -0.2) is 0 Å². The van der Waals surface area contributed by atoms with E-state index in [1.807, 2.05) is 0 Å². The van der Waals surface area contributed by atoms with Crippen molar-refractivity contribution in [1.82, 2.24) is 15.5 Å². The zero-order chi connectivity index (χ0) is 14.6. The van der Waals surface area contributed by atoms with Gasteiger partial charge in [-0.05, 0) is 52.1 Å². The summed E-state index contributed by atoms with van der Waals surface area (Å²) in [6.07, 6.45) is 4.31. The van der Waals surface area contributed by atoms with E-state index in [9.17, 15) is 4.79 Å². The molecule has 1 amide bonds. The third-order valence-corrected chi connectivity index (χ3v) is 5.05. The molecule has 0 radical (unpaired) electrons. The number of rotatable bonds is 6. The molecule has 2 aliphatic heterocycles. The molecule has 2 aliphatic rings. The van der Waals surface area contributed by atoms with Gasteiger partial charge >= 0.3 is 0 Å². The summed E-state index contributed by atoms with van der Waals surface area (Å²) < 4.78 is 0. The predicted octanol–water partition coefficient (Wildman–Crippen LogP) is 1.61. The maximum Gasteiger partial charge on any atom is 0.227 e. The van der Waals surface area contributed by atoms with Crippen molar-refractivity contribution in [1.29, 1.82) is 0 Å². The standard InChI is InChI=1S/C16H31N3O/c1-4-6-16(7-8-17-12-16)15(20)18-10-14-5-9-19(11-14)13(2)3/h13-14,17H,4-12H2,1-3H3,(H,18,20). The molecule has 2 rings (SSSR count). The van der Waals surface area contributed by atoms with E-state index in [0.29, 0.717) is 12.0 Å². The second-order valence-electron chi connectivity index (χ2n) is 6.91. The predicted molar refractivity (Wildman–Crippen MR) is 82.7 cm³/mol. The Morgan fingerprint density at radius 2 is 2.30 bits per heavy atom. The fraction of sp³-hybridized carbons (Fsp3) is 0.938. The van der Waals surface area contributed by atoms with Crippen LogP contribution < -0.4 is 10.6 Å². The number of amides is 1. The van der Waals surface area contributed by atoms with Gasteiger partial charge in [0.05, 0.1) is 5.41 Å². The van der Waals surface area contributed by atoms with Gasteiger partial charge in [-0.3, -0.25) is 4.79 Å². The molecule has 2 saturated heterocycles. The van der Waals surface area contributed by atoms with E-state index in [0.717, 1.165) is 45.4 Å². The van der Waals surface area contributed by atoms with Crippen LogP contribution in [0.4, 0.5) is 0 Å². The first-order valence-electron chi connectivity index (χ1n) is 8.30. The average Bonchev–Trinajstić information content (AvgIpc) is 3.06. The van der Waals surface area contributed by atoms with Crippen LogP contribution in [-0.4, -0.2) is 49.6 Å². The highest BCUT2D eigenvalue weighted by Gasteiger charge is 2.40. The molecule has 0 aromatic carbocycles. The summed E-state index contributed by atoms with van der Waals surface area (Å²) in [5.41, 5.74) is -0.134. The Morgan fingerprint density at radius 1 is 1.50 bits per heavy atom. The van der Waals surface area contributed by atoms with E-state index in [1.165, 1.54) is 13.0 Å². The van der Waals surface area contributed by atoms with Crippen LogP contribution in [0.25, 0.3) is 0 Å². The van der Waals surface area contributed by atoms with Crippen molar-refractivity contribution >= 4 is 5.91 Å². The number of hydrogen-bond acceptors (Lipinski definition) is 3. The lowest BCUT2D eigenvalue weighted by atomic mass is 9.81. The smallest absolute Gasteiger partial charge is 0.227 e. The molecule has 0 aromatic heterocycles. The molecule has 0 saturated carbocycles. The van der Waals surface area contributed by atoms with Gasteiger partial charge in [0.25, 0.3) is 0 Å². The highest BCUT2D eigenvalue weighted by atomic mass is 16.2. The molecule has 4 heteroatoms. The lowest BCUT2D eigenvalue weighted by molar-refractivity contribution is -0.130. The average molecular weight is 281 g/mol. The zero-order valence-corrected chi connectivity index (χ0v) is 13.4. The lowest BCUT2D eigenvalue weighted by Crippen LogP contribution is -2.44. The second-order valence-corrected chi connectivity index (χ2v) is 6.91. The van der Waals surface area contributed by atoms with Crippen LogP contribution in [-0.2, 0) is 4.79 Å². The largest absolute Gasteiger partial charge is 0.355 e. The molecule has 0 spiro atoms. The fourth-order valence-electron chi connectivity index (χ4n) is 3.67. The van der Waals surface area contributed by atoms with Crippen molar-refractivity contribution < 1.29 is 4.79 Å². The molecule has 2 N–H and O–H groups in total. The van der Waals surface area contributed by atoms with Crippen molar-refractivity contribution in [2.45, 2.75) is 52.5 Å². The molecule has 20 heavy (non-hydrogen) atoms. The minimum atomic E-state index is -0.134. The Bertz CT molecular complexity index is 324. The van der Waals surface area contributed by atoms with E-state index in [4.69, 9.17) is 0 Å². The van der Waals surface area contributed by atoms with E-state index in [1.54, 1.807) is 0 Å². The molecule has 4 nitrogen and oxygen atoms in total. The van der Waals surface area contributed by atoms with Gasteiger partial charge in [0.15, 0.2) is 0 Å². The van der Waals surface area contributed by atoms with Gasteiger partial charge in [-0.15, -0.1) is 0 Å². The summed E-state index contributed by atoms with van der Waals surface area (Å²) in [6.45, 7) is 11.7. The first kappa shape index (κ1) is 15.8. The molecule has 2 unspecified atom stereocenters. The van der Waals surface area contributed by atoms with Gasteiger partial charge in [-0.1, -0.05) is 13.3 Å². The Labute approximate surface area is 123 Å². The topological polar surface area (TPSA) is 44.4 Å². The highest BCUT2D eigenvalue weighted by Crippen LogP contribution is 2.31. The lowest BCUT2D eigenvalue weighted by Gasteiger charge is -2.27. The number of nitrogens with zero attached hydrogens (tertiary/aromatic N) is 1. The summed E-state index contributed by atoms with van der Waals surface area (Å²) in [7, 11) is 0. The zero-order valence-electron chi connectivity index (χ0n) is 13.4. The van der Waals surface area contributed by atoms with E-state index in [-0.39, 0.29) is 11.3 Å². The third-order valence-electron chi connectivity index (χ3n) is 5.05. The van der Waals surface area contributed by atoms with Crippen LogP contribution in [0.1, 0.15) is 46.5 Å². The van der Waals surface area contributed by atoms with Gasteiger partial charge in [0.2, 0.25) is 5.91 Å². The van der Waals surface area contributed by atoms with Crippen LogP contribution in [0, 0.1) is 11.3 Å². The Morgan fingerprint density at radius 3 is 2.85 bits per heavy atom. The second kappa shape index (κ2) is 6.90. The Balaban J connectivity index is 1.80. The Kier molecular flexibility index (Phi) is 5.44. The first-order valence-corrected chi connectivity index (χ1v) is 8.30. The van der Waals surface area contributed by atoms with Gasteiger partial charge in [0, 0.05) is 25.7 Å². The van der Waals surface area contributed by atoms with Crippen molar-refractivity contribution in [2.24, 2.45) is 11.3 Å². The summed E-state index contributed by atoms with van der Waals surface area (Å²) in [5.74, 6) is 0.918. The van der Waals surface area contributed by atoms with Crippen molar-refractivity contribution in [3.8, 4) is 0 Å². The molecule has 0 aliphatic carbocycles. The monoisotopic (exact) mass is 281 g/mol. The number of carbonyl (C=O) groups excluding carboxylic acids is 1. The quantitative estimate of drug-likeness (QED) is 0.777. The van der Waals surface area contributed by atoms with Crippen molar-refractivity contribution in [3.05, 3.63) is 0 Å². The van der Waals surface area contributed by atoms with Gasteiger partial charge in [0.1, 0.15) is 0 Å². The third kappa shape index (κ3) is 3.53. The summed E-state index contributed by atoms with van der Waals surface area (Å²) >= 11 is 0. The maximum absolute atomic E-state index is 12.6. The minimum absolute atomic E-state index is 0.134. The van der Waals surface area contributed by atoms with Crippen molar-refractivity contribution in [2.75, 3.05) is 32.7 Å². The first-order chi connectivity index (χ1) is 9.57. The van der Waals surface area contributed by atoms with Crippen LogP contribution in [0.2, 0.25) is 0 Å². The van der Waals surface area contributed by atoms with Crippen LogP contribution in [0.15, 0.2) is 0 Å². The summed E-state index contributed by atoms with van der Waals surface area (Å²) in [6, 6.07) is 0.626. The number of hydrogen-bond donors (Lipinski definition) is 2. The molecule has 0 aromatic rings. The van der Waals surface area contributed by atoms with Gasteiger partial charge < -0.3 is 15.5 Å². The van der Waals surface area contributed by atoms with E-state index < -0.39 is 0 Å². The highest BCUT2D eigenvalue weighted by molar-refractivity contribution is 5.83. The fourth-order valence-corrected chi connectivity index (χ4v) is 3.67. The van der Waals surface area contributed by atoms with Crippen LogP contribution in [0.3, 0.4) is 0 Å². The molecular weight excluding hydrogens is 250 g/mol. The van der Waals surface area contributed by atoms with Crippen LogP contribution >= 0.6 is 0 Å². The molecule has 0 bridgehead atoms. The van der Waals surface area contributed by atoms with E-state index in [2.05, 4.69) is 36.3 Å². The molecular formula is C16H31N3O. The minimum Gasteiger partial charge on any atom is -0.355 e. The summed E-state index contributed by atoms with van der Waals surface area (Å²) in [5, 5.41) is 6.61. The maximum atomic E-state index is 12.6. The number of nitrogens with one attached hydrogen (secondary N) is 2. The van der Waals surface area contributed by atoms with Crippen molar-refractivity contribution in [3.63, 3.8) is 0 Å². The summed E-state index contributed by atoms with van der Waals surface area (Å²) in [4.78, 5) is 15.1. The molecule has 2 atom stereocenters. The molecule has 2 heterocycles. The number of likely N-dealkylation sites (tertiary alicyclic amines) is 1.